The molecule has 0 atom stereocenters. The molecule has 0 saturated heterocycles. The summed E-state index contributed by atoms with van der Waals surface area (Å²) in [5, 5.41) is 7.63. The van der Waals surface area contributed by atoms with E-state index in [1.165, 1.54) is 25.7 Å². The molecule has 1 heterocycles. The van der Waals surface area contributed by atoms with E-state index in [0.29, 0.717) is 6.04 Å². The van der Waals surface area contributed by atoms with Crippen LogP contribution >= 0.6 is 24.0 Å². The lowest BCUT2D eigenvalue weighted by atomic mass is 9.95. The minimum absolute atomic E-state index is 0.574. The standard InChI is InChI=1S/C9H15N3S2/c1-14-8-4-2-7(3-5-8)12-6-10-11-9(12)13/h6-8H,2-5H2,1H3,(H,11,13). The lowest BCUT2D eigenvalue weighted by molar-refractivity contribution is 0.356. The predicted octanol–water partition coefficient (Wildman–Crippen LogP) is 2.79. The van der Waals surface area contributed by atoms with Gasteiger partial charge >= 0.3 is 0 Å². The molecule has 1 fully saturated rings. The quantitative estimate of drug-likeness (QED) is 0.792. The first-order chi connectivity index (χ1) is 6.81. The van der Waals surface area contributed by atoms with Crippen molar-refractivity contribution in [3.8, 4) is 0 Å². The van der Waals surface area contributed by atoms with Gasteiger partial charge in [0.2, 0.25) is 0 Å². The molecule has 5 heteroatoms. The molecule has 0 bridgehead atoms. The fraction of sp³-hybridized carbons (Fsp3) is 0.778. The van der Waals surface area contributed by atoms with Crippen molar-refractivity contribution < 1.29 is 0 Å². The summed E-state index contributed by atoms with van der Waals surface area (Å²) in [6.45, 7) is 0. The highest BCUT2D eigenvalue weighted by Crippen LogP contribution is 2.33. The van der Waals surface area contributed by atoms with Crippen LogP contribution in [0, 0.1) is 4.77 Å². The topological polar surface area (TPSA) is 33.6 Å². The van der Waals surface area contributed by atoms with Crippen molar-refractivity contribution in [2.75, 3.05) is 6.26 Å². The van der Waals surface area contributed by atoms with Gasteiger partial charge in [-0.25, -0.2) is 0 Å². The lowest BCUT2D eigenvalue weighted by Gasteiger charge is -2.27. The van der Waals surface area contributed by atoms with Crippen LogP contribution in [0.5, 0.6) is 0 Å². The minimum atomic E-state index is 0.574. The van der Waals surface area contributed by atoms with Crippen LogP contribution in [0.3, 0.4) is 0 Å². The minimum Gasteiger partial charge on any atom is -0.304 e. The molecule has 14 heavy (non-hydrogen) atoms. The van der Waals surface area contributed by atoms with Crippen LogP contribution in [0.4, 0.5) is 0 Å². The zero-order chi connectivity index (χ0) is 9.97. The molecule has 0 unspecified atom stereocenters. The summed E-state index contributed by atoms with van der Waals surface area (Å²) in [7, 11) is 0. The molecule has 0 radical (unpaired) electrons. The Kier molecular flexibility index (Phi) is 3.28. The fourth-order valence-corrected chi connectivity index (χ4v) is 3.07. The van der Waals surface area contributed by atoms with E-state index >= 15 is 0 Å². The van der Waals surface area contributed by atoms with Gasteiger partial charge in [0.15, 0.2) is 4.77 Å². The van der Waals surface area contributed by atoms with Crippen molar-refractivity contribution in [1.29, 1.82) is 0 Å². The van der Waals surface area contributed by atoms with Crippen LogP contribution in [0.25, 0.3) is 0 Å². The zero-order valence-corrected chi connectivity index (χ0v) is 9.90. The van der Waals surface area contributed by atoms with Crippen LogP contribution in [-0.2, 0) is 0 Å². The highest BCUT2D eigenvalue weighted by Gasteiger charge is 2.21. The van der Waals surface area contributed by atoms with Crippen molar-refractivity contribution >= 4 is 24.0 Å². The first kappa shape index (κ1) is 10.2. The molecule has 1 saturated carbocycles. The molecule has 3 nitrogen and oxygen atoms in total. The Morgan fingerprint density at radius 3 is 2.71 bits per heavy atom. The van der Waals surface area contributed by atoms with Crippen molar-refractivity contribution in [3.63, 3.8) is 0 Å². The number of aromatic nitrogens is 3. The van der Waals surface area contributed by atoms with E-state index < -0.39 is 0 Å². The zero-order valence-electron chi connectivity index (χ0n) is 8.27. The molecule has 1 aliphatic carbocycles. The molecular weight excluding hydrogens is 214 g/mol. The molecule has 0 aliphatic heterocycles. The van der Waals surface area contributed by atoms with Gasteiger partial charge in [-0.1, -0.05) is 0 Å². The Balaban J connectivity index is 2.02. The smallest absolute Gasteiger partial charge is 0.195 e. The Bertz CT molecular complexity index is 336. The first-order valence-corrected chi connectivity index (χ1v) is 6.65. The summed E-state index contributed by atoms with van der Waals surface area (Å²) in [5.41, 5.74) is 0. The second-order valence-electron chi connectivity index (χ2n) is 3.74. The predicted molar refractivity (Wildman–Crippen MR) is 62.2 cm³/mol. The number of H-pyrrole nitrogens is 1. The van der Waals surface area contributed by atoms with Gasteiger partial charge < -0.3 is 4.57 Å². The molecule has 1 N–H and O–H groups in total. The van der Waals surface area contributed by atoms with Crippen LogP contribution < -0.4 is 0 Å². The fourth-order valence-electron chi connectivity index (χ4n) is 2.08. The molecular formula is C9H15N3S2. The maximum Gasteiger partial charge on any atom is 0.195 e. The summed E-state index contributed by atoms with van der Waals surface area (Å²) in [5.74, 6) is 0. The van der Waals surface area contributed by atoms with E-state index in [2.05, 4.69) is 21.0 Å². The second-order valence-corrected chi connectivity index (χ2v) is 5.26. The lowest BCUT2D eigenvalue weighted by Crippen LogP contribution is -2.19. The molecule has 0 amide bonds. The van der Waals surface area contributed by atoms with Gasteiger partial charge in [-0.3, -0.25) is 5.10 Å². The van der Waals surface area contributed by atoms with Crippen LogP contribution in [0.15, 0.2) is 6.33 Å². The van der Waals surface area contributed by atoms with Crippen molar-refractivity contribution in [2.24, 2.45) is 0 Å². The maximum absolute atomic E-state index is 5.16. The highest BCUT2D eigenvalue weighted by atomic mass is 32.2. The number of rotatable bonds is 2. The third-order valence-electron chi connectivity index (χ3n) is 2.95. The van der Waals surface area contributed by atoms with E-state index in [-0.39, 0.29) is 0 Å². The number of hydrogen-bond donors (Lipinski definition) is 1. The van der Waals surface area contributed by atoms with Crippen molar-refractivity contribution in [1.82, 2.24) is 14.8 Å². The average molecular weight is 229 g/mol. The van der Waals surface area contributed by atoms with Crippen molar-refractivity contribution in [3.05, 3.63) is 11.1 Å². The highest BCUT2D eigenvalue weighted by molar-refractivity contribution is 7.99. The maximum atomic E-state index is 5.16. The van der Waals surface area contributed by atoms with Crippen LogP contribution in [0.2, 0.25) is 0 Å². The van der Waals surface area contributed by atoms with Gasteiger partial charge in [-0.05, 0) is 44.2 Å². The third kappa shape index (κ3) is 2.03. The number of thioether (sulfide) groups is 1. The number of hydrogen-bond acceptors (Lipinski definition) is 3. The Morgan fingerprint density at radius 1 is 1.50 bits per heavy atom. The summed E-state index contributed by atoms with van der Waals surface area (Å²) in [6, 6.07) is 0.574. The number of nitrogens with zero attached hydrogens (tertiary/aromatic N) is 2. The van der Waals surface area contributed by atoms with Crippen LogP contribution in [-0.4, -0.2) is 26.3 Å². The SMILES string of the molecule is CSC1CCC(n2cn[nH]c2=S)CC1. The molecule has 0 spiro atoms. The number of aromatic amines is 1. The summed E-state index contributed by atoms with van der Waals surface area (Å²) < 4.78 is 2.86. The van der Waals surface area contributed by atoms with Gasteiger partial charge in [0, 0.05) is 11.3 Å². The van der Waals surface area contributed by atoms with E-state index in [4.69, 9.17) is 12.2 Å². The summed E-state index contributed by atoms with van der Waals surface area (Å²) >= 11 is 7.15. The molecule has 2 rings (SSSR count). The average Bonchev–Trinajstić information content (AvgIpc) is 2.65. The van der Waals surface area contributed by atoms with Gasteiger partial charge in [-0.15, -0.1) is 0 Å². The molecule has 1 aliphatic rings. The van der Waals surface area contributed by atoms with Gasteiger partial charge in [0.25, 0.3) is 0 Å². The van der Waals surface area contributed by atoms with E-state index in [1.54, 1.807) is 0 Å². The molecule has 1 aromatic heterocycles. The Morgan fingerprint density at radius 2 is 2.21 bits per heavy atom. The Labute approximate surface area is 93.3 Å². The summed E-state index contributed by atoms with van der Waals surface area (Å²) in [6.07, 6.45) is 9.11. The normalized spacial score (nSPS) is 27.8. The van der Waals surface area contributed by atoms with E-state index in [0.717, 1.165) is 10.0 Å². The van der Waals surface area contributed by atoms with Gasteiger partial charge in [-0.2, -0.15) is 16.9 Å². The molecule has 0 aromatic carbocycles. The first-order valence-electron chi connectivity index (χ1n) is 4.95. The summed E-state index contributed by atoms with van der Waals surface area (Å²) in [4.78, 5) is 0. The second kappa shape index (κ2) is 4.49. The largest absolute Gasteiger partial charge is 0.304 e. The number of nitrogens with one attached hydrogen (secondary N) is 1. The van der Waals surface area contributed by atoms with Gasteiger partial charge in [0.1, 0.15) is 6.33 Å². The van der Waals surface area contributed by atoms with Crippen LogP contribution in [0.1, 0.15) is 31.7 Å². The monoisotopic (exact) mass is 229 g/mol. The molecule has 78 valence electrons. The van der Waals surface area contributed by atoms with Crippen molar-refractivity contribution in [2.45, 2.75) is 37.0 Å². The van der Waals surface area contributed by atoms with Gasteiger partial charge in [0.05, 0.1) is 0 Å². The van der Waals surface area contributed by atoms with E-state index in [1.807, 2.05) is 18.1 Å². The third-order valence-corrected chi connectivity index (χ3v) is 4.39. The molecule has 1 aromatic rings. The van der Waals surface area contributed by atoms with E-state index in [9.17, 15) is 0 Å². The Hall–Kier alpha value is -0.290.